The zero-order valence-electron chi connectivity index (χ0n) is 14.7. The fraction of sp³-hybridized carbons (Fsp3) is 0.389. The van der Waals surface area contributed by atoms with E-state index in [2.05, 4.69) is 0 Å². The van der Waals surface area contributed by atoms with Gasteiger partial charge in [-0.05, 0) is 43.0 Å². The summed E-state index contributed by atoms with van der Waals surface area (Å²) in [6, 6.07) is 7.13. The lowest BCUT2D eigenvalue weighted by atomic mass is 9.76. The number of aromatic nitrogens is 1. The number of hydrogen-bond acceptors (Lipinski definition) is 4. The van der Waals surface area contributed by atoms with E-state index in [-0.39, 0.29) is 28.1 Å². The van der Waals surface area contributed by atoms with Crippen LogP contribution in [0.4, 0.5) is 0 Å². The van der Waals surface area contributed by atoms with Crippen molar-refractivity contribution < 1.29 is 22.5 Å². The summed E-state index contributed by atoms with van der Waals surface area (Å²) in [4.78, 5) is 12.4. The third kappa shape index (κ3) is 2.98. The van der Waals surface area contributed by atoms with Gasteiger partial charge in [-0.2, -0.15) is 8.42 Å². The molecule has 1 N–H and O–H groups in total. The zero-order valence-corrected chi connectivity index (χ0v) is 15.5. The second-order valence-corrected chi connectivity index (χ2v) is 8.54. The first-order chi connectivity index (χ1) is 11.5. The Kier molecular flexibility index (Phi) is 4.04. The number of hydrogen-bond donors (Lipinski definition) is 1. The summed E-state index contributed by atoms with van der Waals surface area (Å²) in [6.45, 7) is 5.55. The van der Waals surface area contributed by atoms with Crippen LogP contribution < -0.4 is 4.74 Å². The van der Waals surface area contributed by atoms with Crippen molar-refractivity contribution in [3.8, 4) is 11.4 Å². The molecule has 1 heterocycles. The van der Waals surface area contributed by atoms with E-state index < -0.39 is 10.1 Å². The smallest absolute Gasteiger partial charge is 0.297 e. The number of methoxy groups -OCH3 is 1. The molecule has 0 amide bonds. The topological polar surface area (TPSA) is 85.6 Å². The van der Waals surface area contributed by atoms with Crippen LogP contribution >= 0.6 is 0 Å². The monoisotopic (exact) mass is 363 g/mol. The van der Waals surface area contributed by atoms with E-state index >= 15 is 0 Å². The molecule has 0 unspecified atom stereocenters. The number of carbonyl (C=O) groups excluding carboxylic acids is 1. The Morgan fingerprint density at radius 2 is 1.76 bits per heavy atom. The summed E-state index contributed by atoms with van der Waals surface area (Å²) >= 11 is 0. The minimum Gasteiger partial charge on any atom is -0.497 e. The van der Waals surface area contributed by atoms with Crippen LogP contribution in [0.5, 0.6) is 5.75 Å². The molecule has 0 fully saturated rings. The minimum atomic E-state index is -4.51. The van der Waals surface area contributed by atoms with Crippen molar-refractivity contribution in [2.24, 2.45) is 5.41 Å². The Morgan fingerprint density at radius 1 is 1.16 bits per heavy atom. The van der Waals surface area contributed by atoms with Gasteiger partial charge in [0.2, 0.25) is 0 Å². The first kappa shape index (κ1) is 17.7. The zero-order chi connectivity index (χ0) is 18.6. The number of fused-ring (bicyclic) bond motifs is 1. The molecule has 134 valence electrons. The first-order valence-electron chi connectivity index (χ1n) is 7.94. The number of rotatable bonds is 3. The van der Waals surface area contributed by atoms with Gasteiger partial charge in [-0.15, -0.1) is 0 Å². The van der Waals surface area contributed by atoms with Gasteiger partial charge in [0, 0.05) is 23.5 Å². The number of nitrogens with zero attached hydrogens (tertiary/aromatic N) is 1. The molecule has 6 nitrogen and oxygen atoms in total. The van der Waals surface area contributed by atoms with Gasteiger partial charge in [-0.1, -0.05) is 13.8 Å². The van der Waals surface area contributed by atoms with Crippen molar-refractivity contribution in [3.63, 3.8) is 0 Å². The largest absolute Gasteiger partial charge is 0.497 e. The number of ketones is 1. The summed E-state index contributed by atoms with van der Waals surface area (Å²) in [7, 11) is -2.95. The van der Waals surface area contributed by atoms with Crippen molar-refractivity contribution in [1.29, 1.82) is 0 Å². The summed E-state index contributed by atoms with van der Waals surface area (Å²) < 4.78 is 40.5. The predicted molar refractivity (Wildman–Crippen MR) is 93.3 cm³/mol. The highest BCUT2D eigenvalue weighted by atomic mass is 32.2. The maximum Gasteiger partial charge on any atom is 0.297 e. The van der Waals surface area contributed by atoms with E-state index in [9.17, 15) is 17.8 Å². The Hall–Kier alpha value is -2.12. The van der Waals surface area contributed by atoms with Gasteiger partial charge < -0.3 is 9.30 Å². The minimum absolute atomic E-state index is 0.121. The van der Waals surface area contributed by atoms with Gasteiger partial charge in [-0.25, -0.2) is 0 Å². The van der Waals surface area contributed by atoms with Crippen molar-refractivity contribution >= 4 is 15.9 Å². The molecule has 0 saturated heterocycles. The standard InChI is InChI=1S/C18H21NO5S/c1-11-17(25(21,22)23)16-14(9-18(2,3)10-15(16)20)19(11)12-5-7-13(24-4)8-6-12/h5-8H,9-10H2,1-4H3,(H,21,22,23). The van der Waals surface area contributed by atoms with Gasteiger partial charge >= 0.3 is 0 Å². The van der Waals surface area contributed by atoms with Crippen molar-refractivity contribution in [2.45, 2.75) is 38.5 Å². The van der Waals surface area contributed by atoms with E-state index in [0.717, 1.165) is 5.69 Å². The van der Waals surface area contributed by atoms with E-state index in [4.69, 9.17) is 4.74 Å². The van der Waals surface area contributed by atoms with Crippen LogP contribution in [0.3, 0.4) is 0 Å². The molecule has 0 aliphatic heterocycles. The molecule has 1 aromatic carbocycles. The van der Waals surface area contributed by atoms with E-state index in [0.29, 0.717) is 23.6 Å². The van der Waals surface area contributed by atoms with Gasteiger partial charge in [0.25, 0.3) is 10.1 Å². The Balaban J connectivity index is 2.34. The quantitative estimate of drug-likeness (QED) is 0.847. The highest BCUT2D eigenvalue weighted by Gasteiger charge is 2.40. The number of benzene rings is 1. The van der Waals surface area contributed by atoms with Crippen LogP contribution in [-0.4, -0.2) is 30.4 Å². The second kappa shape index (κ2) is 5.71. The number of carbonyl (C=O) groups is 1. The lowest BCUT2D eigenvalue weighted by Crippen LogP contribution is -2.28. The van der Waals surface area contributed by atoms with Crippen LogP contribution in [0.25, 0.3) is 5.69 Å². The molecule has 0 radical (unpaired) electrons. The summed E-state index contributed by atoms with van der Waals surface area (Å²) in [5, 5.41) is 0. The highest BCUT2D eigenvalue weighted by molar-refractivity contribution is 7.86. The fourth-order valence-electron chi connectivity index (χ4n) is 3.62. The molecular weight excluding hydrogens is 342 g/mol. The molecule has 0 atom stereocenters. The SMILES string of the molecule is COc1ccc(-n2c(C)c(S(=O)(=O)O)c3c2CC(C)(C)CC3=O)cc1. The number of Topliss-reactive ketones (excluding diaryl/α,β-unsaturated/α-hetero) is 1. The maximum atomic E-state index is 12.7. The molecule has 7 heteroatoms. The van der Waals surface area contributed by atoms with E-state index in [1.807, 2.05) is 13.8 Å². The average Bonchev–Trinajstić information content (AvgIpc) is 2.78. The van der Waals surface area contributed by atoms with Gasteiger partial charge in [0.15, 0.2) is 5.78 Å². The van der Waals surface area contributed by atoms with Crippen molar-refractivity contribution in [3.05, 3.63) is 41.2 Å². The third-order valence-corrected chi connectivity index (χ3v) is 5.62. The molecule has 1 aromatic heterocycles. The Labute approximate surface area is 147 Å². The molecule has 0 bridgehead atoms. The van der Waals surface area contributed by atoms with E-state index in [1.54, 1.807) is 42.9 Å². The molecule has 25 heavy (non-hydrogen) atoms. The Bertz CT molecular complexity index is 952. The lowest BCUT2D eigenvalue weighted by Gasteiger charge is -2.30. The lowest BCUT2D eigenvalue weighted by molar-refractivity contribution is 0.0907. The summed E-state index contributed by atoms with van der Waals surface area (Å²) in [6.07, 6.45) is 0.783. The fourth-order valence-corrected chi connectivity index (χ4v) is 4.57. The summed E-state index contributed by atoms with van der Waals surface area (Å²) in [5.41, 5.74) is 1.51. The Morgan fingerprint density at radius 3 is 2.28 bits per heavy atom. The highest BCUT2D eigenvalue weighted by Crippen LogP contribution is 2.41. The molecular formula is C18H21NO5S. The molecule has 0 spiro atoms. The molecule has 1 aliphatic rings. The van der Waals surface area contributed by atoms with Crippen LogP contribution in [0, 0.1) is 12.3 Å². The molecule has 3 rings (SSSR count). The summed E-state index contributed by atoms with van der Waals surface area (Å²) in [5.74, 6) is 0.420. The molecule has 1 aliphatic carbocycles. The average molecular weight is 363 g/mol. The molecule has 0 saturated carbocycles. The predicted octanol–water partition coefficient (Wildman–Crippen LogP) is 3.20. The first-order valence-corrected chi connectivity index (χ1v) is 9.38. The van der Waals surface area contributed by atoms with Crippen LogP contribution in [0.2, 0.25) is 0 Å². The van der Waals surface area contributed by atoms with Crippen LogP contribution in [0.15, 0.2) is 29.2 Å². The molecule has 2 aromatic rings. The maximum absolute atomic E-state index is 12.7. The van der Waals surface area contributed by atoms with Crippen LogP contribution in [0.1, 0.15) is 42.0 Å². The van der Waals surface area contributed by atoms with Crippen molar-refractivity contribution in [2.75, 3.05) is 7.11 Å². The van der Waals surface area contributed by atoms with Crippen molar-refractivity contribution in [1.82, 2.24) is 4.57 Å². The normalized spacial score (nSPS) is 16.6. The third-order valence-electron chi connectivity index (χ3n) is 4.60. The van der Waals surface area contributed by atoms with Crippen LogP contribution in [-0.2, 0) is 16.5 Å². The van der Waals surface area contributed by atoms with E-state index in [1.165, 1.54) is 0 Å². The van der Waals surface area contributed by atoms with Gasteiger partial charge in [-0.3, -0.25) is 9.35 Å². The second-order valence-electron chi connectivity index (χ2n) is 7.19. The van der Waals surface area contributed by atoms with Gasteiger partial charge in [0.1, 0.15) is 10.6 Å². The number of ether oxygens (including phenoxy) is 1. The van der Waals surface area contributed by atoms with Gasteiger partial charge in [0.05, 0.1) is 12.7 Å².